The smallest absolute Gasteiger partial charge is 0.182 e. The minimum atomic E-state index is 0.347. The van der Waals surface area contributed by atoms with E-state index in [1.54, 1.807) is 23.7 Å². The lowest BCUT2D eigenvalue weighted by molar-refractivity contribution is 0.626. The van der Waals surface area contributed by atoms with E-state index in [0.29, 0.717) is 5.50 Å². The molecular formula is C4H4N2S2. The highest BCUT2D eigenvalue weighted by molar-refractivity contribution is 8.12. The Kier molecular flexibility index (Phi) is 1.01. The van der Waals surface area contributed by atoms with Gasteiger partial charge in [0.15, 0.2) is 5.50 Å². The maximum absolute atomic E-state index is 4.16. The standard InChI is InChI=1S/C4H4N2S2/c1-2-7-4-5-3-8-6(1)4/h1-4H. The van der Waals surface area contributed by atoms with Crippen LogP contribution in [0.1, 0.15) is 0 Å². The molecule has 8 heavy (non-hydrogen) atoms. The van der Waals surface area contributed by atoms with Crippen LogP contribution in [0.5, 0.6) is 0 Å². The second kappa shape index (κ2) is 1.70. The zero-order valence-corrected chi connectivity index (χ0v) is 5.65. The Morgan fingerprint density at radius 2 is 2.62 bits per heavy atom. The van der Waals surface area contributed by atoms with Crippen LogP contribution in [0, 0.1) is 0 Å². The van der Waals surface area contributed by atoms with Crippen LogP contribution in [0.4, 0.5) is 0 Å². The Morgan fingerprint density at radius 1 is 1.62 bits per heavy atom. The van der Waals surface area contributed by atoms with Crippen molar-refractivity contribution in [2.24, 2.45) is 4.99 Å². The summed E-state index contributed by atoms with van der Waals surface area (Å²) in [5.74, 6) is 0. The van der Waals surface area contributed by atoms with Crippen molar-refractivity contribution in [1.29, 1.82) is 0 Å². The second-order valence-corrected chi connectivity index (χ2v) is 3.28. The number of thioether (sulfide) groups is 1. The molecule has 2 nitrogen and oxygen atoms in total. The van der Waals surface area contributed by atoms with Gasteiger partial charge >= 0.3 is 0 Å². The maximum atomic E-state index is 4.16. The van der Waals surface area contributed by atoms with Crippen LogP contribution in [0.2, 0.25) is 0 Å². The number of hydrogen-bond donors (Lipinski definition) is 0. The third-order valence-electron chi connectivity index (χ3n) is 0.983. The zero-order valence-electron chi connectivity index (χ0n) is 4.02. The Labute approximate surface area is 56.2 Å². The van der Waals surface area contributed by atoms with E-state index in [4.69, 9.17) is 0 Å². The normalized spacial score (nSPS) is 32.0. The van der Waals surface area contributed by atoms with Crippen molar-refractivity contribution in [3.05, 3.63) is 11.6 Å². The molecule has 1 atom stereocenters. The van der Waals surface area contributed by atoms with Crippen LogP contribution >= 0.6 is 23.7 Å². The van der Waals surface area contributed by atoms with Crippen LogP contribution in [-0.2, 0) is 0 Å². The molecule has 0 fully saturated rings. The molecule has 0 saturated carbocycles. The summed E-state index contributed by atoms with van der Waals surface area (Å²) in [7, 11) is 0. The molecule has 0 aliphatic carbocycles. The van der Waals surface area contributed by atoms with E-state index in [-0.39, 0.29) is 0 Å². The summed E-state index contributed by atoms with van der Waals surface area (Å²) in [5.41, 5.74) is 2.22. The molecule has 2 rings (SSSR count). The number of aliphatic imine (C=N–C) groups is 1. The van der Waals surface area contributed by atoms with E-state index in [1.807, 2.05) is 11.7 Å². The molecule has 2 heterocycles. The molecule has 0 saturated heterocycles. The van der Waals surface area contributed by atoms with Gasteiger partial charge in [-0.25, -0.2) is 4.99 Å². The molecule has 0 bridgehead atoms. The van der Waals surface area contributed by atoms with Crippen LogP contribution in [-0.4, -0.2) is 15.3 Å². The van der Waals surface area contributed by atoms with Gasteiger partial charge in [0.2, 0.25) is 0 Å². The lowest BCUT2D eigenvalue weighted by atomic mass is 10.9. The van der Waals surface area contributed by atoms with Crippen molar-refractivity contribution in [2.75, 3.05) is 0 Å². The first-order valence-electron chi connectivity index (χ1n) is 2.26. The Balaban J connectivity index is 2.20. The van der Waals surface area contributed by atoms with Crippen molar-refractivity contribution in [1.82, 2.24) is 4.31 Å². The largest absolute Gasteiger partial charge is 0.285 e. The van der Waals surface area contributed by atoms with Gasteiger partial charge in [0, 0.05) is 18.1 Å². The molecule has 4 heteroatoms. The quantitative estimate of drug-likeness (QED) is 0.479. The molecule has 0 aromatic rings. The van der Waals surface area contributed by atoms with Crippen LogP contribution in [0.15, 0.2) is 16.6 Å². The van der Waals surface area contributed by atoms with Crippen LogP contribution in [0.3, 0.4) is 0 Å². The van der Waals surface area contributed by atoms with Gasteiger partial charge < -0.3 is 0 Å². The summed E-state index contributed by atoms with van der Waals surface area (Å²) in [5, 5.41) is 2.06. The third-order valence-corrected chi connectivity index (χ3v) is 2.77. The van der Waals surface area contributed by atoms with Crippen molar-refractivity contribution in [2.45, 2.75) is 5.50 Å². The van der Waals surface area contributed by atoms with Crippen molar-refractivity contribution < 1.29 is 0 Å². The SMILES string of the molecule is C1=CN2SC=NC2S1. The number of fused-ring (bicyclic) bond motifs is 1. The number of rotatable bonds is 0. The first-order valence-corrected chi connectivity index (χ1v) is 4.04. The van der Waals surface area contributed by atoms with Crippen molar-refractivity contribution in [3.63, 3.8) is 0 Å². The van der Waals surface area contributed by atoms with Gasteiger partial charge in [0.05, 0.1) is 5.55 Å². The molecule has 0 N–H and O–H groups in total. The van der Waals surface area contributed by atoms with E-state index >= 15 is 0 Å². The number of nitrogens with zero attached hydrogens (tertiary/aromatic N) is 2. The monoisotopic (exact) mass is 144 g/mol. The molecule has 2 aliphatic heterocycles. The fourth-order valence-electron chi connectivity index (χ4n) is 0.621. The predicted octanol–water partition coefficient (Wildman–Crippen LogP) is 1.48. The molecule has 0 aromatic heterocycles. The van der Waals surface area contributed by atoms with Gasteiger partial charge in [-0.1, -0.05) is 11.8 Å². The fraction of sp³-hybridized carbons (Fsp3) is 0.250. The Bertz CT molecular complexity index is 136. The van der Waals surface area contributed by atoms with Gasteiger partial charge in [-0.3, -0.25) is 4.31 Å². The first-order chi connectivity index (χ1) is 3.97. The van der Waals surface area contributed by atoms with Crippen molar-refractivity contribution in [3.8, 4) is 0 Å². The zero-order chi connectivity index (χ0) is 5.40. The summed E-state index contributed by atoms with van der Waals surface area (Å²) in [6.45, 7) is 0. The minimum Gasteiger partial charge on any atom is -0.285 e. The molecular weight excluding hydrogens is 140 g/mol. The van der Waals surface area contributed by atoms with E-state index in [0.717, 1.165) is 0 Å². The average molecular weight is 144 g/mol. The van der Waals surface area contributed by atoms with E-state index in [2.05, 4.69) is 14.7 Å². The van der Waals surface area contributed by atoms with Gasteiger partial charge in [-0.05, 0) is 5.41 Å². The summed E-state index contributed by atoms with van der Waals surface area (Å²) in [4.78, 5) is 4.16. The maximum Gasteiger partial charge on any atom is 0.182 e. The van der Waals surface area contributed by atoms with E-state index in [1.165, 1.54) is 0 Å². The van der Waals surface area contributed by atoms with Crippen LogP contribution < -0.4 is 0 Å². The van der Waals surface area contributed by atoms with Gasteiger partial charge in [-0.2, -0.15) is 0 Å². The lowest BCUT2D eigenvalue weighted by Crippen LogP contribution is -2.08. The average Bonchev–Trinajstić information content (AvgIpc) is 2.15. The van der Waals surface area contributed by atoms with E-state index in [9.17, 15) is 0 Å². The van der Waals surface area contributed by atoms with E-state index < -0.39 is 0 Å². The predicted molar refractivity (Wildman–Crippen MR) is 38.4 cm³/mol. The minimum absolute atomic E-state index is 0.347. The Morgan fingerprint density at radius 3 is 3.50 bits per heavy atom. The molecule has 1 unspecified atom stereocenters. The summed E-state index contributed by atoms with van der Waals surface area (Å²) >= 11 is 3.39. The summed E-state index contributed by atoms with van der Waals surface area (Å²) < 4.78 is 2.12. The summed E-state index contributed by atoms with van der Waals surface area (Å²) in [6.07, 6.45) is 2.05. The van der Waals surface area contributed by atoms with Crippen molar-refractivity contribution >= 4 is 29.3 Å². The van der Waals surface area contributed by atoms with Gasteiger partial charge in [0.1, 0.15) is 0 Å². The topological polar surface area (TPSA) is 15.6 Å². The highest BCUT2D eigenvalue weighted by Gasteiger charge is 2.21. The molecule has 42 valence electrons. The first kappa shape index (κ1) is 4.76. The summed E-state index contributed by atoms with van der Waals surface area (Å²) in [6, 6.07) is 0. The highest BCUT2D eigenvalue weighted by Crippen LogP contribution is 2.34. The fourth-order valence-corrected chi connectivity index (χ4v) is 2.30. The van der Waals surface area contributed by atoms with Gasteiger partial charge in [-0.15, -0.1) is 0 Å². The van der Waals surface area contributed by atoms with Crippen LogP contribution in [0.25, 0.3) is 0 Å². The third kappa shape index (κ3) is 0.563. The highest BCUT2D eigenvalue weighted by atomic mass is 32.2. The Hall–Kier alpha value is -0.0900. The van der Waals surface area contributed by atoms with Gasteiger partial charge in [0.25, 0.3) is 0 Å². The molecule has 2 aliphatic rings. The molecule has 0 spiro atoms. The second-order valence-electron chi connectivity index (χ2n) is 1.47. The molecule has 0 aromatic carbocycles. The lowest BCUT2D eigenvalue weighted by Gasteiger charge is -2.08. The molecule has 0 radical (unpaired) electrons. The molecule has 0 amide bonds. The number of hydrogen-bond acceptors (Lipinski definition) is 4.